The number of nitriles is 1. The summed E-state index contributed by atoms with van der Waals surface area (Å²) in [6, 6.07) is 8.76. The molecule has 1 fully saturated rings. The highest BCUT2D eigenvalue weighted by molar-refractivity contribution is 6.01. The van der Waals surface area contributed by atoms with Gasteiger partial charge in [0.1, 0.15) is 17.4 Å². The summed E-state index contributed by atoms with van der Waals surface area (Å²) in [5.74, 6) is 0.140. The molecule has 126 valence electrons. The first-order valence-corrected chi connectivity index (χ1v) is 8.20. The number of rotatable bonds is 4. The zero-order chi connectivity index (χ0) is 17.5. The Morgan fingerprint density at radius 3 is 2.50 bits per heavy atom. The van der Waals surface area contributed by atoms with Crippen molar-refractivity contribution in [3.05, 3.63) is 35.4 Å². The first kappa shape index (κ1) is 17.7. The summed E-state index contributed by atoms with van der Waals surface area (Å²) < 4.78 is 4.96. The maximum Gasteiger partial charge on any atom is 0.308 e. The van der Waals surface area contributed by atoms with E-state index in [9.17, 15) is 14.9 Å². The van der Waals surface area contributed by atoms with E-state index >= 15 is 0 Å². The van der Waals surface area contributed by atoms with E-state index in [1.807, 2.05) is 6.07 Å². The number of carbonyl (C=O) groups is 2. The van der Waals surface area contributed by atoms with E-state index in [0.29, 0.717) is 17.2 Å². The van der Waals surface area contributed by atoms with Crippen molar-refractivity contribution in [3.8, 4) is 11.8 Å². The van der Waals surface area contributed by atoms with Gasteiger partial charge in [-0.15, -0.1) is 0 Å². The van der Waals surface area contributed by atoms with Crippen molar-refractivity contribution in [2.24, 2.45) is 5.92 Å². The SMILES string of the molecule is CC(=O)Oc1ccc(/C=C(\C#N)C(=O)N[C@@H]2CCCC[C@H]2C)cc1. The molecule has 1 amide bonds. The van der Waals surface area contributed by atoms with Gasteiger partial charge in [-0.2, -0.15) is 5.26 Å². The molecule has 1 aliphatic carbocycles. The van der Waals surface area contributed by atoms with Gasteiger partial charge < -0.3 is 10.1 Å². The van der Waals surface area contributed by atoms with Crippen LogP contribution in [0, 0.1) is 17.2 Å². The molecule has 0 heterocycles. The Hall–Kier alpha value is -2.61. The predicted molar refractivity (Wildman–Crippen MR) is 90.9 cm³/mol. The molecule has 1 aromatic carbocycles. The number of amides is 1. The molecule has 0 saturated heterocycles. The summed E-state index contributed by atoms with van der Waals surface area (Å²) in [5.41, 5.74) is 0.780. The lowest BCUT2D eigenvalue weighted by molar-refractivity contribution is -0.131. The Bertz CT molecular complexity index is 671. The Kier molecular flexibility index (Phi) is 6.14. The van der Waals surface area contributed by atoms with Crippen LogP contribution in [0.1, 0.15) is 45.1 Å². The van der Waals surface area contributed by atoms with Crippen LogP contribution in [0.2, 0.25) is 0 Å². The zero-order valence-electron chi connectivity index (χ0n) is 14.0. The van der Waals surface area contributed by atoms with Crippen LogP contribution >= 0.6 is 0 Å². The molecular formula is C19H22N2O3. The number of hydrogen-bond acceptors (Lipinski definition) is 4. The smallest absolute Gasteiger partial charge is 0.308 e. The Morgan fingerprint density at radius 1 is 1.25 bits per heavy atom. The van der Waals surface area contributed by atoms with Gasteiger partial charge in [-0.3, -0.25) is 9.59 Å². The maximum absolute atomic E-state index is 12.3. The lowest BCUT2D eigenvalue weighted by Gasteiger charge is -2.29. The molecule has 0 unspecified atom stereocenters. The van der Waals surface area contributed by atoms with Gasteiger partial charge in [-0.05, 0) is 42.5 Å². The highest BCUT2D eigenvalue weighted by Gasteiger charge is 2.23. The fourth-order valence-corrected chi connectivity index (χ4v) is 2.89. The lowest BCUT2D eigenvalue weighted by atomic mass is 9.86. The van der Waals surface area contributed by atoms with E-state index in [2.05, 4.69) is 12.2 Å². The first-order valence-electron chi connectivity index (χ1n) is 8.20. The van der Waals surface area contributed by atoms with Gasteiger partial charge in [0.05, 0.1) is 0 Å². The highest BCUT2D eigenvalue weighted by Crippen LogP contribution is 2.24. The molecule has 0 radical (unpaired) electrons. The lowest BCUT2D eigenvalue weighted by Crippen LogP contribution is -2.41. The number of hydrogen-bond donors (Lipinski definition) is 1. The standard InChI is InChI=1S/C19H22N2O3/c1-13-5-3-4-6-18(13)21-19(23)16(12-20)11-15-7-9-17(10-8-15)24-14(2)22/h7-11,13,18H,3-6H2,1-2H3,(H,21,23)/b16-11+/t13-,18-/m1/s1. The van der Waals surface area contributed by atoms with Gasteiger partial charge in [0.25, 0.3) is 5.91 Å². The van der Waals surface area contributed by atoms with Gasteiger partial charge in [-0.25, -0.2) is 0 Å². The van der Waals surface area contributed by atoms with E-state index in [0.717, 1.165) is 19.3 Å². The minimum atomic E-state index is -0.392. The van der Waals surface area contributed by atoms with Crippen LogP contribution in [-0.2, 0) is 9.59 Å². The summed E-state index contributed by atoms with van der Waals surface area (Å²) in [6.07, 6.45) is 5.92. The van der Waals surface area contributed by atoms with E-state index in [-0.39, 0.29) is 17.5 Å². The third-order valence-electron chi connectivity index (χ3n) is 4.25. The molecule has 0 aromatic heterocycles. The Morgan fingerprint density at radius 2 is 1.92 bits per heavy atom. The van der Waals surface area contributed by atoms with Crippen molar-refractivity contribution in [2.45, 2.75) is 45.6 Å². The molecule has 0 bridgehead atoms. The van der Waals surface area contributed by atoms with Crippen LogP contribution in [0.15, 0.2) is 29.8 Å². The van der Waals surface area contributed by atoms with Crippen molar-refractivity contribution in [3.63, 3.8) is 0 Å². The summed E-state index contributed by atoms with van der Waals surface area (Å²) in [6.45, 7) is 3.46. The molecule has 5 nitrogen and oxygen atoms in total. The largest absolute Gasteiger partial charge is 0.427 e. The van der Waals surface area contributed by atoms with Gasteiger partial charge >= 0.3 is 5.97 Å². The first-order chi connectivity index (χ1) is 11.5. The molecule has 5 heteroatoms. The summed E-state index contributed by atoms with van der Waals surface area (Å²) in [7, 11) is 0. The number of esters is 1. The number of nitrogens with zero attached hydrogens (tertiary/aromatic N) is 1. The van der Waals surface area contributed by atoms with E-state index in [1.54, 1.807) is 30.3 Å². The van der Waals surface area contributed by atoms with Gasteiger partial charge in [0.2, 0.25) is 0 Å². The fourth-order valence-electron chi connectivity index (χ4n) is 2.89. The number of ether oxygens (including phenoxy) is 1. The fraction of sp³-hybridized carbons (Fsp3) is 0.421. The highest BCUT2D eigenvalue weighted by atomic mass is 16.5. The van der Waals surface area contributed by atoms with E-state index < -0.39 is 5.97 Å². The zero-order valence-corrected chi connectivity index (χ0v) is 14.0. The van der Waals surface area contributed by atoms with Crippen molar-refractivity contribution < 1.29 is 14.3 Å². The second-order valence-corrected chi connectivity index (χ2v) is 6.17. The molecule has 24 heavy (non-hydrogen) atoms. The summed E-state index contributed by atoms with van der Waals surface area (Å²) in [5, 5.41) is 12.3. The average molecular weight is 326 g/mol. The van der Waals surface area contributed by atoms with Crippen LogP contribution < -0.4 is 10.1 Å². The van der Waals surface area contributed by atoms with Gasteiger partial charge in [-0.1, -0.05) is 31.9 Å². The van der Waals surface area contributed by atoms with Crippen LogP contribution in [0.4, 0.5) is 0 Å². The van der Waals surface area contributed by atoms with Crippen LogP contribution in [0.25, 0.3) is 6.08 Å². The van der Waals surface area contributed by atoms with E-state index in [1.165, 1.54) is 13.3 Å². The third-order valence-corrected chi connectivity index (χ3v) is 4.25. The molecule has 1 saturated carbocycles. The van der Waals surface area contributed by atoms with Crippen molar-refractivity contribution in [1.82, 2.24) is 5.32 Å². The molecule has 2 rings (SSSR count). The minimum absolute atomic E-state index is 0.0769. The molecule has 1 aromatic rings. The summed E-state index contributed by atoms with van der Waals surface area (Å²) >= 11 is 0. The minimum Gasteiger partial charge on any atom is -0.427 e. The maximum atomic E-state index is 12.3. The second kappa shape index (κ2) is 8.30. The molecule has 1 N–H and O–H groups in total. The number of carbonyl (C=O) groups excluding carboxylic acids is 2. The number of nitrogens with one attached hydrogen (secondary N) is 1. The normalized spacial score (nSPS) is 20.8. The van der Waals surface area contributed by atoms with Crippen LogP contribution in [-0.4, -0.2) is 17.9 Å². The Labute approximate surface area is 142 Å². The second-order valence-electron chi connectivity index (χ2n) is 6.17. The Balaban J connectivity index is 2.06. The summed E-state index contributed by atoms with van der Waals surface area (Å²) in [4.78, 5) is 23.2. The topological polar surface area (TPSA) is 79.2 Å². The van der Waals surface area contributed by atoms with E-state index in [4.69, 9.17) is 4.74 Å². The molecule has 0 aliphatic heterocycles. The molecule has 0 spiro atoms. The van der Waals surface area contributed by atoms with Crippen molar-refractivity contribution in [1.29, 1.82) is 5.26 Å². The molecule has 1 aliphatic rings. The molecule has 2 atom stereocenters. The quantitative estimate of drug-likeness (QED) is 0.399. The van der Waals surface area contributed by atoms with Crippen LogP contribution in [0.5, 0.6) is 5.75 Å². The van der Waals surface area contributed by atoms with Crippen LogP contribution in [0.3, 0.4) is 0 Å². The average Bonchev–Trinajstić information content (AvgIpc) is 2.55. The third kappa shape index (κ3) is 4.95. The molecular weight excluding hydrogens is 304 g/mol. The van der Waals surface area contributed by atoms with Gasteiger partial charge in [0, 0.05) is 13.0 Å². The van der Waals surface area contributed by atoms with Crippen molar-refractivity contribution >= 4 is 18.0 Å². The van der Waals surface area contributed by atoms with Gasteiger partial charge in [0.15, 0.2) is 0 Å². The van der Waals surface area contributed by atoms with Crippen molar-refractivity contribution in [2.75, 3.05) is 0 Å². The number of benzene rings is 1. The predicted octanol–water partition coefficient (Wildman–Crippen LogP) is 3.21. The monoisotopic (exact) mass is 326 g/mol.